The highest BCUT2D eigenvalue weighted by molar-refractivity contribution is 5.23. The first-order valence-corrected chi connectivity index (χ1v) is 12.0. The minimum absolute atomic E-state index is 0.0885. The predicted molar refractivity (Wildman–Crippen MR) is 138 cm³/mol. The lowest BCUT2D eigenvalue weighted by Gasteiger charge is -2.22. The first-order valence-electron chi connectivity index (χ1n) is 12.0. The number of aryl methyl sites for hydroxylation is 5. The summed E-state index contributed by atoms with van der Waals surface area (Å²) in [7, 11) is 0. The van der Waals surface area contributed by atoms with Crippen LogP contribution < -0.4 is 0 Å². The number of halogens is 2. The van der Waals surface area contributed by atoms with Crippen molar-refractivity contribution in [3.63, 3.8) is 0 Å². The number of rotatable bonds is 0. The van der Waals surface area contributed by atoms with E-state index in [0.29, 0.717) is 5.56 Å². The standard InChI is InChI=1S/C8H8F2.C8H16.C7H9N.C6H8N2/c1-5-3-7(9)6(2)8(10)4-5;1-7-3-5-8(2)6-4-7;1-6-3-4-7(2)8-5-6;1-5-3-7-6(2)8-4-5/h3-4H,1-2H3;7-8H,3-6H2,1-2H3;3-5H,1-2H3;3-4H,1-2H3. The zero-order valence-corrected chi connectivity index (χ0v) is 22.1. The van der Waals surface area contributed by atoms with Crippen LogP contribution in [-0.4, -0.2) is 15.0 Å². The van der Waals surface area contributed by atoms with Crippen LogP contribution >= 0.6 is 0 Å². The summed E-state index contributed by atoms with van der Waals surface area (Å²) in [4.78, 5) is 12.0. The molecular weight excluding hydrogens is 428 g/mol. The van der Waals surface area contributed by atoms with E-state index in [1.807, 2.05) is 52.4 Å². The third-order valence-corrected chi connectivity index (χ3v) is 5.70. The monoisotopic (exact) mass is 469 g/mol. The van der Waals surface area contributed by atoms with Gasteiger partial charge in [0.2, 0.25) is 0 Å². The second-order valence-corrected chi connectivity index (χ2v) is 9.50. The molecule has 0 N–H and O–H groups in total. The van der Waals surface area contributed by atoms with Gasteiger partial charge in [0.1, 0.15) is 17.5 Å². The molecule has 1 saturated carbocycles. The second kappa shape index (κ2) is 15.3. The van der Waals surface area contributed by atoms with Crippen LogP contribution in [0, 0.1) is 65.0 Å². The number of nitrogens with zero attached hydrogens (tertiary/aromatic N) is 3. The summed E-state index contributed by atoms with van der Waals surface area (Å²) in [5.74, 6) is 1.92. The summed E-state index contributed by atoms with van der Waals surface area (Å²) in [6.45, 7) is 15.7. The maximum Gasteiger partial charge on any atom is 0.129 e. The molecule has 0 aliphatic heterocycles. The molecule has 1 fully saturated rings. The Morgan fingerprint density at radius 2 is 1.06 bits per heavy atom. The Balaban J connectivity index is 0.000000228. The molecule has 0 atom stereocenters. The van der Waals surface area contributed by atoms with E-state index in [-0.39, 0.29) is 5.56 Å². The second-order valence-electron chi connectivity index (χ2n) is 9.50. The van der Waals surface area contributed by atoms with Crippen LogP contribution in [0.1, 0.15) is 73.3 Å². The van der Waals surface area contributed by atoms with Crippen molar-refractivity contribution in [2.24, 2.45) is 11.8 Å². The van der Waals surface area contributed by atoms with Gasteiger partial charge in [0.05, 0.1) is 0 Å². The Labute approximate surface area is 205 Å². The normalized spacial score (nSPS) is 16.6. The van der Waals surface area contributed by atoms with E-state index in [0.717, 1.165) is 28.9 Å². The molecule has 0 saturated heterocycles. The molecule has 4 rings (SSSR count). The maximum absolute atomic E-state index is 12.6. The SMILES string of the molecule is CC1CCC(C)CC1.Cc1cc(F)c(C)c(F)c1.Cc1ccc(C)nc1.Cc1cnc(C)nc1. The molecule has 3 nitrogen and oxygen atoms in total. The number of pyridine rings is 1. The molecule has 0 spiro atoms. The number of aromatic nitrogens is 3. The molecule has 1 aliphatic carbocycles. The highest BCUT2D eigenvalue weighted by atomic mass is 19.1. The third-order valence-electron chi connectivity index (χ3n) is 5.70. The molecular formula is C29H41F2N3. The van der Waals surface area contributed by atoms with Crippen molar-refractivity contribution in [2.75, 3.05) is 0 Å². The average molecular weight is 470 g/mol. The Morgan fingerprint density at radius 1 is 0.618 bits per heavy atom. The van der Waals surface area contributed by atoms with E-state index in [1.54, 1.807) is 6.92 Å². The van der Waals surface area contributed by atoms with Crippen LogP contribution in [0.25, 0.3) is 0 Å². The molecule has 5 heteroatoms. The summed E-state index contributed by atoms with van der Waals surface area (Å²) < 4.78 is 25.2. The first-order chi connectivity index (χ1) is 16.0. The smallest absolute Gasteiger partial charge is 0.129 e. The number of hydrogen-bond acceptors (Lipinski definition) is 3. The molecule has 2 aromatic heterocycles. The topological polar surface area (TPSA) is 38.7 Å². The highest BCUT2D eigenvalue weighted by Crippen LogP contribution is 2.27. The van der Waals surface area contributed by atoms with Gasteiger partial charge in [-0.05, 0) is 88.3 Å². The summed E-state index contributed by atoms with van der Waals surface area (Å²) in [5, 5.41) is 0. The van der Waals surface area contributed by atoms with Crippen molar-refractivity contribution in [2.45, 2.75) is 81.1 Å². The fourth-order valence-electron chi connectivity index (χ4n) is 3.20. The Bertz CT molecular complexity index is 843. The van der Waals surface area contributed by atoms with Gasteiger partial charge in [-0.2, -0.15) is 0 Å². The molecule has 186 valence electrons. The van der Waals surface area contributed by atoms with Crippen molar-refractivity contribution in [3.8, 4) is 0 Å². The lowest BCUT2D eigenvalue weighted by Crippen LogP contribution is -2.08. The van der Waals surface area contributed by atoms with Gasteiger partial charge < -0.3 is 0 Å². The summed E-state index contributed by atoms with van der Waals surface area (Å²) >= 11 is 0. The van der Waals surface area contributed by atoms with Crippen LogP contribution in [0.2, 0.25) is 0 Å². The molecule has 0 bridgehead atoms. The van der Waals surface area contributed by atoms with Crippen molar-refractivity contribution < 1.29 is 8.78 Å². The zero-order chi connectivity index (χ0) is 25.7. The van der Waals surface area contributed by atoms with Crippen molar-refractivity contribution in [3.05, 3.63) is 88.3 Å². The van der Waals surface area contributed by atoms with E-state index >= 15 is 0 Å². The number of hydrogen-bond donors (Lipinski definition) is 0. The van der Waals surface area contributed by atoms with E-state index < -0.39 is 11.6 Å². The van der Waals surface area contributed by atoms with Crippen LogP contribution in [-0.2, 0) is 0 Å². The van der Waals surface area contributed by atoms with Crippen LogP contribution in [0.4, 0.5) is 8.78 Å². The first kappa shape index (κ1) is 29.3. The largest absolute Gasteiger partial charge is 0.261 e. The average Bonchev–Trinajstić information content (AvgIpc) is 2.79. The van der Waals surface area contributed by atoms with Gasteiger partial charge in [-0.15, -0.1) is 0 Å². The molecule has 0 amide bonds. The fraction of sp³-hybridized carbons (Fsp3) is 0.483. The van der Waals surface area contributed by atoms with E-state index in [4.69, 9.17) is 0 Å². The minimum atomic E-state index is -0.475. The van der Waals surface area contributed by atoms with Gasteiger partial charge in [-0.1, -0.05) is 45.6 Å². The Kier molecular flexibility index (Phi) is 13.2. The highest BCUT2D eigenvalue weighted by Gasteiger charge is 2.13. The lowest BCUT2D eigenvalue weighted by atomic mass is 9.84. The molecule has 1 aliphatic rings. The molecule has 1 aromatic carbocycles. The van der Waals surface area contributed by atoms with Crippen molar-refractivity contribution in [1.82, 2.24) is 15.0 Å². The van der Waals surface area contributed by atoms with E-state index in [2.05, 4.69) is 34.9 Å². The van der Waals surface area contributed by atoms with Gasteiger partial charge in [0.25, 0.3) is 0 Å². The quantitative estimate of drug-likeness (QED) is 0.333. The van der Waals surface area contributed by atoms with E-state index in [9.17, 15) is 8.78 Å². The number of benzene rings is 1. The molecule has 2 heterocycles. The van der Waals surface area contributed by atoms with Gasteiger partial charge in [-0.25, -0.2) is 18.7 Å². The molecule has 0 unspecified atom stereocenters. The van der Waals surface area contributed by atoms with Crippen LogP contribution in [0.15, 0.2) is 42.9 Å². The maximum atomic E-state index is 12.6. The molecule has 0 radical (unpaired) electrons. The molecule has 34 heavy (non-hydrogen) atoms. The summed E-state index contributed by atoms with van der Waals surface area (Å²) in [6.07, 6.45) is 11.4. The zero-order valence-electron chi connectivity index (χ0n) is 22.1. The van der Waals surface area contributed by atoms with Crippen molar-refractivity contribution in [1.29, 1.82) is 0 Å². The lowest BCUT2D eigenvalue weighted by molar-refractivity contribution is 0.308. The van der Waals surface area contributed by atoms with Gasteiger partial charge in [0.15, 0.2) is 0 Å². The summed E-state index contributed by atoms with van der Waals surface area (Å²) in [5.41, 5.74) is 4.10. The Hall–Kier alpha value is -2.69. The van der Waals surface area contributed by atoms with Crippen LogP contribution in [0.5, 0.6) is 0 Å². The van der Waals surface area contributed by atoms with Crippen molar-refractivity contribution >= 4 is 0 Å². The van der Waals surface area contributed by atoms with Gasteiger partial charge >= 0.3 is 0 Å². The fourth-order valence-corrected chi connectivity index (χ4v) is 3.20. The molecule has 3 aromatic rings. The van der Waals surface area contributed by atoms with E-state index in [1.165, 1.54) is 50.3 Å². The van der Waals surface area contributed by atoms with Gasteiger partial charge in [0, 0.05) is 29.8 Å². The van der Waals surface area contributed by atoms with Gasteiger partial charge in [-0.3, -0.25) is 4.98 Å². The Morgan fingerprint density at radius 3 is 1.41 bits per heavy atom. The summed E-state index contributed by atoms with van der Waals surface area (Å²) in [6, 6.07) is 6.70. The van der Waals surface area contributed by atoms with Crippen LogP contribution in [0.3, 0.4) is 0 Å². The minimum Gasteiger partial charge on any atom is -0.261 e. The predicted octanol–water partition coefficient (Wildman–Crippen LogP) is 8.21. The third kappa shape index (κ3) is 12.5.